The van der Waals surface area contributed by atoms with Crippen LogP contribution in [0.3, 0.4) is 0 Å². The van der Waals surface area contributed by atoms with Gasteiger partial charge in [0.1, 0.15) is 0 Å². The van der Waals surface area contributed by atoms with Crippen LogP contribution in [0, 0.1) is 29.1 Å². The predicted molar refractivity (Wildman–Crippen MR) is 128 cm³/mol. The second-order valence-electron chi connectivity index (χ2n) is 11.7. The summed E-state index contributed by atoms with van der Waals surface area (Å²) in [7, 11) is 0. The molecule has 4 fully saturated rings. The molecule has 8 atom stereocenters. The maximum atomic E-state index is 13.5. The summed E-state index contributed by atoms with van der Waals surface area (Å²) in [5.41, 5.74) is 21.3. The summed E-state index contributed by atoms with van der Waals surface area (Å²) >= 11 is 0. The molecule has 0 aromatic carbocycles. The van der Waals surface area contributed by atoms with Crippen molar-refractivity contribution >= 4 is 5.78 Å². The Morgan fingerprint density at radius 3 is 2.42 bits per heavy atom. The molecule has 172 valence electrons. The van der Waals surface area contributed by atoms with Gasteiger partial charge in [0.05, 0.1) is 0 Å². The third-order valence-electron chi connectivity index (χ3n) is 10.2. The Labute approximate surface area is 188 Å². The molecule has 31 heavy (non-hydrogen) atoms. The van der Waals surface area contributed by atoms with Crippen molar-refractivity contribution in [2.45, 2.75) is 95.2 Å². The molecule has 0 aliphatic heterocycles. The van der Waals surface area contributed by atoms with Gasteiger partial charge in [-0.3, -0.25) is 4.79 Å². The summed E-state index contributed by atoms with van der Waals surface area (Å²) < 4.78 is 0. The molecule has 0 bridgehead atoms. The Morgan fingerprint density at radius 2 is 1.74 bits per heavy atom. The van der Waals surface area contributed by atoms with Gasteiger partial charge in [0.15, 0.2) is 5.78 Å². The summed E-state index contributed by atoms with van der Waals surface area (Å²) in [4.78, 5) is 13.5. The normalized spacial score (nSPS) is 49.9. The number of ketones is 1. The van der Waals surface area contributed by atoms with Crippen LogP contribution >= 0.6 is 0 Å². The highest BCUT2D eigenvalue weighted by atomic mass is 16.1. The number of nitrogens with two attached hydrogens (primary N) is 3. The standard InChI is InChI=1S/C27H43N3O/c1-5-7-8-19(6-2)23(31)20-9-10-21-24(20,4)13-12-22-26(21,29)16-15-25(28)17-18(3)11-14-27(22,25)30/h5-8,18,20-22H,2,9-17,28-30H2,1,3-4H3/b7-5-,19-8+/t18-,20+,21?,22?,24+,25-,26+,27-/m0/s1. The second-order valence-corrected chi connectivity index (χ2v) is 11.7. The van der Waals surface area contributed by atoms with E-state index in [2.05, 4.69) is 20.4 Å². The summed E-state index contributed by atoms with van der Waals surface area (Å²) in [6.45, 7) is 10.5. The number of Topliss-reactive ketones (excluding diaryl/α,β-unsaturated/α-hetero) is 1. The first kappa shape index (κ1) is 22.9. The van der Waals surface area contributed by atoms with Gasteiger partial charge < -0.3 is 17.2 Å². The fourth-order valence-corrected chi connectivity index (χ4v) is 8.55. The molecule has 4 aliphatic rings. The molecule has 0 heterocycles. The molecule has 0 spiro atoms. The van der Waals surface area contributed by atoms with Crippen LogP contribution in [-0.4, -0.2) is 22.4 Å². The third kappa shape index (κ3) is 3.16. The van der Waals surface area contributed by atoms with Crippen LogP contribution in [0.15, 0.2) is 36.5 Å². The van der Waals surface area contributed by atoms with Crippen molar-refractivity contribution in [2.75, 3.05) is 0 Å². The first-order valence-electron chi connectivity index (χ1n) is 12.4. The zero-order valence-corrected chi connectivity index (χ0v) is 19.8. The zero-order chi connectivity index (χ0) is 22.7. The van der Waals surface area contributed by atoms with Crippen molar-refractivity contribution in [3.63, 3.8) is 0 Å². The van der Waals surface area contributed by atoms with Gasteiger partial charge in [-0.25, -0.2) is 0 Å². The lowest BCUT2D eigenvalue weighted by Gasteiger charge is -2.68. The largest absolute Gasteiger partial charge is 0.325 e. The zero-order valence-electron chi connectivity index (χ0n) is 19.8. The lowest BCUT2D eigenvalue weighted by atomic mass is 9.42. The van der Waals surface area contributed by atoms with Crippen molar-refractivity contribution in [1.82, 2.24) is 0 Å². The quantitative estimate of drug-likeness (QED) is 0.460. The molecule has 4 heteroatoms. The van der Waals surface area contributed by atoms with Gasteiger partial charge in [-0.15, -0.1) is 0 Å². The van der Waals surface area contributed by atoms with Crippen LogP contribution in [-0.2, 0) is 4.79 Å². The number of hydrogen-bond acceptors (Lipinski definition) is 4. The maximum Gasteiger partial charge on any atom is 0.166 e. The average molecular weight is 426 g/mol. The number of hydrogen-bond donors (Lipinski definition) is 3. The van der Waals surface area contributed by atoms with Crippen LogP contribution in [0.25, 0.3) is 0 Å². The molecular weight excluding hydrogens is 382 g/mol. The van der Waals surface area contributed by atoms with E-state index in [1.807, 2.05) is 25.2 Å². The van der Waals surface area contributed by atoms with Gasteiger partial charge in [0.2, 0.25) is 0 Å². The van der Waals surface area contributed by atoms with E-state index in [-0.39, 0.29) is 39.7 Å². The van der Waals surface area contributed by atoms with Gasteiger partial charge in [-0.1, -0.05) is 44.7 Å². The van der Waals surface area contributed by atoms with Gasteiger partial charge in [0, 0.05) is 28.1 Å². The fourth-order valence-electron chi connectivity index (χ4n) is 8.55. The van der Waals surface area contributed by atoms with Crippen molar-refractivity contribution in [3.05, 3.63) is 36.5 Å². The molecule has 6 N–H and O–H groups in total. The van der Waals surface area contributed by atoms with E-state index in [1.165, 1.54) is 0 Å². The van der Waals surface area contributed by atoms with Crippen LogP contribution in [0.5, 0.6) is 0 Å². The Kier molecular flexibility index (Phi) is 5.68. The van der Waals surface area contributed by atoms with E-state index in [4.69, 9.17) is 17.2 Å². The lowest BCUT2D eigenvalue weighted by molar-refractivity contribution is -0.131. The summed E-state index contributed by atoms with van der Waals surface area (Å²) in [6, 6.07) is 0. The molecule has 0 aromatic rings. The average Bonchev–Trinajstić information content (AvgIpc) is 3.08. The highest BCUT2D eigenvalue weighted by molar-refractivity contribution is 6.00. The third-order valence-corrected chi connectivity index (χ3v) is 10.2. The van der Waals surface area contributed by atoms with Crippen LogP contribution in [0.1, 0.15) is 78.6 Å². The summed E-state index contributed by atoms with van der Waals surface area (Å²) in [5, 5.41) is 0. The Hall–Kier alpha value is -1.23. The Balaban J connectivity index is 1.66. The molecular formula is C27H43N3O. The molecule has 4 aliphatic carbocycles. The van der Waals surface area contributed by atoms with Crippen molar-refractivity contribution in [2.24, 2.45) is 46.3 Å². The minimum absolute atomic E-state index is 0.0121. The van der Waals surface area contributed by atoms with E-state index in [9.17, 15) is 4.79 Å². The lowest BCUT2D eigenvalue weighted by Crippen LogP contribution is -2.81. The van der Waals surface area contributed by atoms with Gasteiger partial charge in [-0.05, 0) is 87.9 Å². The first-order chi connectivity index (χ1) is 14.6. The second kappa shape index (κ2) is 7.67. The first-order valence-corrected chi connectivity index (χ1v) is 12.4. The minimum atomic E-state index is -0.381. The maximum absolute atomic E-state index is 13.5. The van der Waals surface area contributed by atoms with Gasteiger partial charge >= 0.3 is 0 Å². The number of carbonyl (C=O) groups excluding carboxylic acids is 1. The van der Waals surface area contributed by atoms with Crippen molar-refractivity contribution < 1.29 is 4.79 Å². The summed E-state index contributed by atoms with van der Waals surface area (Å²) in [5.74, 6) is 1.45. The predicted octanol–water partition coefficient (Wildman–Crippen LogP) is 4.39. The van der Waals surface area contributed by atoms with E-state index < -0.39 is 0 Å². The molecule has 4 saturated carbocycles. The van der Waals surface area contributed by atoms with Crippen molar-refractivity contribution in [3.8, 4) is 0 Å². The highest BCUT2D eigenvalue weighted by Crippen LogP contribution is 2.66. The Bertz CT molecular complexity index is 817. The molecule has 4 nitrogen and oxygen atoms in total. The SMILES string of the molecule is C=C/C(=C\C=C/C)C(=O)[C@H]1CCC2[C@]3(N)CC[C@]4(N)C[C@@H](C)CC[C@]4(N)C3CC[C@@]21C. The van der Waals surface area contributed by atoms with Crippen molar-refractivity contribution in [1.29, 1.82) is 0 Å². The van der Waals surface area contributed by atoms with Crippen LogP contribution < -0.4 is 17.2 Å². The number of rotatable bonds is 4. The van der Waals surface area contributed by atoms with E-state index >= 15 is 0 Å². The number of fused-ring (bicyclic) bond motifs is 5. The van der Waals surface area contributed by atoms with E-state index in [0.717, 1.165) is 63.4 Å². The van der Waals surface area contributed by atoms with Gasteiger partial charge in [-0.2, -0.15) is 0 Å². The van der Waals surface area contributed by atoms with E-state index in [0.29, 0.717) is 11.8 Å². The molecule has 4 rings (SSSR count). The Morgan fingerprint density at radius 1 is 1.00 bits per heavy atom. The fraction of sp³-hybridized carbons (Fsp3) is 0.741. The van der Waals surface area contributed by atoms with Crippen LogP contribution in [0.2, 0.25) is 0 Å². The minimum Gasteiger partial charge on any atom is -0.325 e. The van der Waals surface area contributed by atoms with Crippen LogP contribution in [0.4, 0.5) is 0 Å². The molecule has 0 saturated heterocycles. The summed E-state index contributed by atoms with van der Waals surface area (Å²) in [6.07, 6.45) is 16.4. The number of allylic oxidation sites excluding steroid dienone is 5. The molecule has 0 aromatic heterocycles. The smallest absolute Gasteiger partial charge is 0.166 e. The monoisotopic (exact) mass is 425 g/mol. The van der Waals surface area contributed by atoms with E-state index in [1.54, 1.807) is 6.08 Å². The topological polar surface area (TPSA) is 95.1 Å². The molecule has 2 unspecified atom stereocenters. The molecule has 0 amide bonds. The van der Waals surface area contributed by atoms with Gasteiger partial charge in [0.25, 0.3) is 0 Å². The highest BCUT2D eigenvalue weighted by Gasteiger charge is 2.69. The number of carbonyl (C=O) groups is 1. The molecule has 0 radical (unpaired) electrons.